The number of aryl methyl sites for hydroxylation is 3. The molecule has 0 saturated heterocycles. The lowest BCUT2D eigenvalue weighted by molar-refractivity contribution is 0.663. The molecule has 0 spiro atoms. The van der Waals surface area contributed by atoms with Crippen LogP contribution in [-0.2, 0) is 6.54 Å². The van der Waals surface area contributed by atoms with Crippen molar-refractivity contribution >= 4 is 22.9 Å². The Bertz CT molecular complexity index is 962. The van der Waals surface area contributed by atoms with Crippen molar-refractivity contribution < 1.29 is 0 Å². The highest BCUT2D eigenvalue weighted by molar-refractivity contribution is 7.11. The summed E-state index contributed by atoms with van der Waals surface area (Å²) in [6.07, 6.45) is 0. The van der Waals surface area contributed by atoms with Gasteiger partial charge in [0.1, 0.15) is 6.07 Å². The van der Waals surface area contributed by atoms with E-state index in [0.717, 1.165) is 33.2 Å². The highest BCUT2D eigenvalue weighted by Crippen LogP contribution is 2.31. The van der Waals surface area contributed by atoms with Crippen LogP contribution in [0.3, 0.4) is 0 Å². The second kappa shape index (κ2) is 6.39. The first kappa shape index (κ1) is 16.7. The summed E-state index contributed by atoms with van der Waals surface area (Å²) in [6, 6.07) is 7.61. The van der Waals surface area contributed by atoms with Crippen LogP contribution in [-0.4, -0.2) is 14.8 Å². The Morgan fingerprint density at radius 1 is 1.21 bits per heavy atom. The first-order chi connectivity index (χ1) is 11.4. The van der Waals surface area contributed by atoms with Crippen molar-refractivity contribution in [1.29, 1.82) is 5.26 Å². The van der Waals surface area contributed by atoms with Crippen LogP contribution >= 0.6 is 22.9 Å². The van der Waals surface area contributed by atoms with E-state index in [9.17, 15) is 0 Å². The van der Waals surface area contributed by atoms with Gasteiger partial charge in [0.05, 0.1) is 33.5 Å². The fourth-order valence-corrected chi connectivity index (χ4v) is 4.03. The molecule has 0 atom stereocenters. The first-order valence-electron chi connectivity index (χ1n) is 7.57. The average Bonchev–Trinajstić information content (AvgIpc) is 2.98. The van der Waals surface area contributed by atoms with Crippen molar-refractivity contribution in [2.45, 2.75) is 34.2 Å². The largest absolute Gasteiger partial charge is 0.264 e. The van der Waals surface area contributed by atoms with Crippen molar-refractivity contribution in [3.8, 4) is 17.2 Å². The summed E-state index contributed by atoms with van der Waals surface area (Å²) >= 11 is 7.90. The van der Waals surface area contributed by atoms with Crippen molar-refractivity contribution in [1.82, 2.24) is 14.8 Å². The summed E-state index contributed by atoms with van der Waals surface area (Å²) in [5.41, 5.74) is 5.63. The van der Waals surface area contributed by atoms with Gasteiger partial charge in [0.2, 0.25) is 0 Å². The molecule has 3 aromatic rings. The van der Waals surface area contributed by atoms with Crippen molar-refractivity contribution in [3.63, 3.8) is 0 Å². The summed E-state index contributed by atoms with van der Waals surface area (Å²) in [7, 11) is 0. The van der Waals surface area contributed by atoms with Crippen molar-refractivity contribution in [3.05, 3.63) is 55.8 Å². The summed E-state index contributed by atoms with van der Waals surface area (Å²) in [5.74, 6) is 0. The van der Waals surface area contributed by atoms with Crippen LogP contribution in [0, 0.1) is 39.0 Å². The molecule has 0 bridgehead atoms. The molecule has 1 aromatic carbocycles. The summed E-state index contributed by atoms with van der Waals surface area (Å²) in [6.45, 7) is 8.83. The molecule has 2 aromatic heterocycles. The van der Waals surface area contributed by atoms with Gasteiger partial charge in [-0.3, -0.25) is 4.68 Å². The van der Waals surface area contributed by atoms with Crippen molar-refractivity contribution in [2.75, 3.05) is 0 Å². The fourth-order valence-electron chi connectivity index (χ4n) is 2.89. The Kier molecular flexibility index (Phi) is 4.44. The van der Waals surface area contributed by atoms with Gasteiger partial charge in [-0.1, -0.05) is 17.7 Å². The van der Waals surface area contributed by atoms with Crippen LogP contribution in [0.15, 0.2) is 18.2 Å². The number of nitrogens with zero attached hydrogens (tertiary/aromatic N) is 4. The molecular weight excluding hydrogens is 340 g/mol. The zero-order valence-electron chi connectivity index (χ0n) is 14.0. The Labute approximate surface area is 150 Å². The van der Waals surface area contributed by atoms with Gasteiger partial charge in [0.25, 0.3) is 0 Å². The maximum Gasteiger partial charge on any atom is 0.101 e. The van der Waals surface area contributed by atoms with Gasteiger partial charge in [-0.25, -0.2) is 4.98 Å². The molecule has 0 aliphatic carbocycles. The molecule has 0 radical (unpaired) electrons. The van der Waals surface area contributed by atoms with Gasteiger partial charge in [0, 0.05) is 16.1 Å². The molecule has 0 N–H and O–H groups in total. The lowest BCUT2D eigenvalue weighted by Gasteiger charge is -2.06. The predicted octanol–water partition coefficient (Wildman–Crippen LogP) is 4.81. The van der Waals surface area contributed by atoms with Crippen LogP contribution in [0.4, 0.5) is 0 Å². The quantitative estimate of drug-likeness (QED) is 0.676. The van der Waals surface area contributed by atoms with Crippen LogP contribution in [0.2, 0.25) is 5.02 Å². The molecule has 6 heteroatoms. The van der Waals surface area contributed by atoms with E-state index in [0.29, 0.717) is 17.1 Å². The molecule has 2 heterocycles. The summed E-state index contributed by atoms with van der Waals surface area (Å²) in [4.78, 5) is 5.71. The molecule has 0 amide bonds. The standard InChI is InChI=1S/C18H17ClN4S/c1-10-17(24-13(4)21-10)9-23-12(3)18(11(2)22-23)14-5-6-15(8-20)16(19)7-14/h5-7H,9H2,1-4H3. The Morgan fingerprint density at radius 3 is 2.54 bits per heavy atom. The SMILES string of the molecule is Cc1nc(C)c(Cn2nc(C)c(-c3ccc(C#N)c(Cl)c3)c2C)s1. The third-order valence-electron chi connectivity index (χ3n) is 4.05. The number of thiazole rings is 1. The van der Waals surface area contributed by atoms with Crippen LogP contribution in [0.5, 0.6) is 0 Å². The topological polar surface area (TPSA) is 54.5 Å². The van der Waals surface area contributed by atoms with E-state index in [1.54, 1.807) is 17.4 Å². The minimum atomic E-state index is 0.468. The number of hydrogen-bond donors (Lipinski definition) is 0. The van der Waals surface area contributed by atoms with E-state index in [2.05, 4.69) is 18.0 Å². The van der Waals surface area contributed by atoms with Crippen molar-refractivity contribution in [2.24, 2.45) is 0 Å². The summed E-state index contributed by atoms with van der Waals surface area (Å²) in [5, 5.41) is 15.3. The fraction of sp³-hybridized carbons (Fsp3) is 0.278. The molecule has 24 heavy (non-hydrogen) atoms. The minimum absolute atomic E-state index is 0.468. The lowest BCUT2D eigenvalue weighted by Crippen LogP contribution is -2.03. The van der Waals surface area contributed by atoms with E-state index < -0.39 is 0 Å². The van der Waals surface area contributed by atoms with Gasteiger partial charge in [-0.15, -0.1) is 11.3 Å². The van der Waals surface area contributed by atoms with Gasteiger partial charge < -0.3 is 0 Å². The number of rotatable bonds is 3. The van der Waals surface area contributed by atoms with Gasteiger partial charge in [0.15, 0.2) is 0 Å². The Balaban J connectivity index is 2.02. The van der Waals surface area contributed by atoms with Crippen LogP contribution < -0.4 is 0 Å². The van der Waals surface area contributed by atoms with E-state index >= 15 is 0 Å². The number of halogens is 1. The predicted molar refractivity (Wildman–Crippen MR) is 97.6 cm³/mol. The average molecular weight is 357 g/mol. The van der Waals surface area contributed by atoms with Gasteiger partial charge in [-0.2, -0.15) is 10.4 Å². The smallest absolute Gasteiger partial charge is 0.101 e. The maximum absolute atomic E-state index is 9.03. The second-order valence-electron chi connectivity index (χ2n) is 5.75. The molecule has 4 nitrogen and oxygen atoms in total. The minimum Gasteiger partial charge on any atom is -0.264 e. The van der Waals surface area contributed by atoms with Crippen LogP contribution in [0.1, 0.15) is 32.5 Å². The molecule has 3 rings (SSSR count). The Morgan fingerprint density at radius 2 is 1.96 bits per heavy atom. The molecule has 0 saturated carbocycles. The molecule has 0 aliphatic rings. The Hall–Kier alpha value is -2.16. The van der Waals surface area contributed by atoms with E-state index in [-0.39, 0.29) is 0 Å². The zero-order chi connectivity index (χ0) is 17.4. The molecule has 0 unspecified atom stereocenters. The van der Waals surface area contributed by atoms with E-state index in [1.807, 2.05) is 37.6 Å². The van der Waals surface area contributed by atoms with Gasteiger partial charge >= 0.3 is 0 Å². The van der Waals surface area contributed by atoms with Crippen LogP contribution in [0.25, 0.3) is 11.1 Å². The molecule has 0 fully saturated rings. The van der Waals surface area contributed by atoms with E-state index in [1.165, 1.54) is 4.88 Å². The number of benzene rings is 1. The van der Waals surface area contributed by atoms with Gasteiger partial charge in [-0.05, 0) is 45.4 Å². The monoisotopic (exact) mass is 356 g/mol. The zero-order valence-corrected chi connectivity index (χ0v) is 15.6. The van der Waals surface area contributed by atoms with E-state index in [4.69, 9.17) is 22.0 Å². The second-order valence-corrected chi connectivity index (χ2v) is 7.45. The molecular formula is C18H17ClN4S. The highest BCUT2D eigenvalue weighted by atomic mass is 35.5. The number of aromatic nitrogens is 3. The third-order valence-corrected chi connectivity index (χ3v) is 5.42. The first-order valence-corrected chi connectivity index (χ1v) is 8.77. The number of nitriles is 1. The highest BCUT2D eigenvalue weighted by Gasteiger charge is 2.16. The summed E-state index contributed by atoms with van der Waals surface area (Å²) < 4.78 is 2.01. The third kappa shape index (κ3) is 2.95. The molecule has 122 valence electrons. The lowest BCUT2D eigenvalue weighted by atomic mass is 10.0. The number of hydrogen-bond acceptors (Lipinski definition) is 4. The molecule has 0 aliphatic heterocycles. The normalized spacial score (nSPS) is 10.8. The maximum atomic E-state index is 9.03.